The zero-order chi connectivity index (χ0) is 18.8. The summed E-state index contributed by atoms with van der Waals surface area (Å²) in [5.41, 5.74) is 2.94. The molecule has 0 spiro atoms. The van der Waals surface area contributed by atoms with Crippen LogP contribution in [0.5, 0.6) is 0 Å². The summed E-state index contributed by atoms with van der Waals surface area (Å²) in [4.78, 5) is 15.9. The largest absolute Gasteiger partial charge is 0.351 e. The molecule has 2 heterocycles. The smallest absolute Gasteiger partial charge is 0.341 e. The van der Waals surface area contributed by atoms with Gasteiger partial charge in [-0.3, -0.25) is 4.79 Å². The van der Waals surface area contributed by atoms with Crippen LogP contribution < -0.4 is 9.72 Å². The van der Waals surface area contributed by atoms with Crippen LogP contribution in [0.15, 0.2) is 72.9 Å². The van der Waals surface area contributed by atoms with Crippen LogP contribution in [0.3, 0.4) is 0 Å². The second-order valence-corrected chi connectivity index (χ2v) is 6.53. The normalized spacial score (nSPS) is 10.9. The maximum Gasteiger partial charge on any atom is 0.351 e. The summed E-state index contributed by atoms with van der Waals surface area (Å²) in [7, 11) is 0. The van der Waals surface area contributed by atoms with Crippen LogP contribution >= 0.6 is 11.6 Å². The molecule has 0 saturated carbocycles. The molecule has 4 nitrogen and oxygen atoms in total. The van der Waals surface area contributed by atoms with Crippen LogP contribution in [0, 0.1) is 5.82 Å². The summed E-state index contributed by atoms with van der Waals surface area (Å²) < 4.78 is 15.6. The Bertz CT molecular complexity index is 1140. The minimum atomic E-state index is -0.346. The van der Waals surface area contributed by atoms with Crippen molar-refractivity contribution in [3.8, 4) is 11.3 Å². The van der Waals surface area contributed by atoms with Crippen molar-refractivity contribution in [2.45, 2.75) is 6.54 Å². The number of carbonyl (C=O) groups excluding carboxylic acids is 1. The van der Waals surface area contributed by atoms with Crippen LogP contribution in [0.2, 0.25) is 5.02 Å². The Kier molecular flexibility index (Phi) is 4.60. The van der Waals surface area contributed by atoms with Crippen molar-refractivity contribution in [2.24, 2.45) is 0 Å². The Hall–Kier alpha value is -3.18. The SMILES string of the molecule is O=C(NCc1ccccc1F)c1[nH]c(-c2cccc(Cl)c2)c2cccc[n+]12. The number of hydrogen-bond donors (Lipinski definition) is 2. The number of fused-ring (bicyclic) bond motifs is 1. The number of rotatable bonds is 4. The van der Waals surface area contributed by atoms with Gasteiger partial charge in [-0.25, -0.2) is 9.37 Å². The predicted octanol–water partition coefficient (Wildman–Crippen LogP) is 4.14. The Balaban J connectivity index is 1.70. The number of carbonyl (C=O) groups is 1. The predicted molar refractivity (Wildman–Crippen MR) is 102 cm³/mol. The molecule has 2 N–H and O–H groups in total. The van der Waals surface area contributed by atoms with Crippen LogP contribution in [0.1, 0.15) is 16.2 Å². The quantitative estimate of drug-likeness (QED) is 0.513. The molecule has 6 heteroatoms. The number of hydrogen-bond acceptors (Lipinski definition) is 1. The molecule has 4 rings (SSSR count). The molecule has 0 radical (unpaired) electrons. The van der Waals surface area contributed by atoms with Gasteiger partial charge in [0, 0.05) is 22.7 Å². The standard InChI is InChI=1S/C21H15ClFN3O/c22-16-8-5-7-14(12-16)19-18-10-3-4-11-26(18)20(25-19)21(27)24-13-15-6-1-2-9-17(15)23/h1-12H,13H2,(H,24,27)/p+1. The fourth-order valence-electron chi connectivity index (χ4n) is 3.02. The second kappa shape index (κ2) is 7.21. The zero-order valence-corrected chi connectivity index (χ0v) is 15.0. The third-order valence-corrected chi connectivity index (χ3v) is 4.56. The first-order valence-corrected chi connectivity index (χ1v) is 8.81. The van der Waals surface area contributed by atoms with Gasteiger partial charge in [-0.1, -0.05) is 48.0 Å². The fraction of sp³-hybridized carbons (Fsp3) is 0.0476. The minimum Gasteiger partial charge on any atom is -0.341 e. The van der Waals surface area contributed by atoms with Crippen LogP contribution in [0.25, 0.3) is 16.8 Å². The summed E-state index contributed by atoms with van der Waals surface area (Å²) >= 11 is 6.11. The van der Waals surface area contributed by atoms with Gasteiger partial charge in [0.15, 0.2) is 11.2 Å². The van der Waals surface area contributed by atoms with Gasteiger partial charge >= 0.3 is 11.7 Å². The topological polar surface area (TPSA) is 49.0 Å². The lowest BCUT2D eigenvalue weighted by molar-refractivity contribution is -0.513. The van der Waals surface area contributed by atoms with Crippen molar-refractivity contribution in [1.29, 1.82) is 0 Å². The van der Waals surface area contributed by atoms with Crippen molar-refractivity contribution in [3.05, 3.63) is 95.2 Å². The Morgan fingerprint density at radius 2 is 1.89 bits per heavy atom. The number of H-pyrrole nitrogens is 1. The number of aromatic nitrogens is 2. The van der Waals surface area contributed by atoms with E-state index in [1.807, 2.05) is 36.4 Å². The molecule has 0 unspecified atom stereocenters. The average Bonchev–Trinajstić information content (AvgIpc) is 3.07. The van der Waals surface area contributed by atoms with E-state index in [9.17, 15) is 9.18 Å². The Labute approximate surface area is 160 Å². The van der Waals surface area contributed by atoms with E-state index in [1.165, 1.54) is 6.07 Å². The molecule has 4 aromatic rings. The number of benzene rings is 2. The number of imidazole rings is 1. The van der Waals surface area contributed by atoms with Gasteiger partial charge in [-0.15, -0.1) is 0 Å². The van der Waals surface area contributed by atoms with E-state index in [0.29, 0.717) is 16.4 Å². The number of amides is 1. The third kappa shape index (κ3) is 3.41. The van der Waals surface area contributed by atoms with Crippen molar-refractivity contribution >= 4 is 23.0 Å². The number of aromatic amines is 1. The lowest BCUT2D eigenvalue weighted by Crippen LogP contribution is -2.34. The van der Waals surface area contributed by atoms with Crippen molar-refractivity contribution in [1.82, 2.24) is 10.3 Å². The number of nitrogens with zero attached hydrogens (tertiary/aromatic N) is 1. The molecule has 0 aliphatic rings. The molecule has 2 aromatic heterocycles. The molecule has 0 fully saturated rings. The summed E-state index contributed by atoms with van der Waals surface area (Å²) in [6, 6.07) is 19.4. The van der Waals surface area contributed by atoms with E-state index in [2.05, 4.69) is 10.3 Å². The molecule has 0 atom stereocenters. The summed E-state index contributed by atoms with van der Waals surface area (Å²) in [5, 5.41) is 3.38. The highest BCUT2D eigenvalue weighted by atomic mass is 35.5. The molecule has 0 bridgehead atoms. The molecule has 27 heavy (non-hydrogen) atoms. The summed E-state index contributed by atoms with van der Waals surface area (Å²) in [5.74, 6) is -0.314. The van der Waals surface area contributed by atoms with Gasteiger partial charge in [-0.05, 0) is 30.3 Å². The Morgan fingerprint density at radius 3 is 2.70 bits per heavy atom. The zero-order valence-electron chi connectivity index (χ0n) is 14.2. The van der Waals surface area contributed by atoms with E-state index in [4.69, 9.17) is 11.6 Å². The first kappa shape index (κ1) is 17.2. The van der Waals surface area contributed by atoms with Gasteiger partial charge in [0.25, 0.3) is 0 Å². The lowest BCUT2D eigenvalue weighted by Gasteiger charge is -2.03. The van der Waals surface area contributed by atoms with E-state index < -0.39 is 0 Å². The highest BCUT2D eigenvalue weighted by Gasteiger charge is 2.25. The minimum absolute atomic E-state index is 0.103. The van der Waals surface area contributed by atoms with E-state index in [0.717, 1.165) is 16.8 Å². The average molecular weight is 381 g/mol. The van der Waals surface area contributed by atoms with Crippen molar-refractivity contribution < 1.29 is 13.6 Å². The molecule has 1 amide bonds. The molecular formula is C21H16ClFN3O+. The monoisotopic (exact) mass is 380 g/mol. The number of halogens is 2. The molecule has 0 saturated heterocycles. The van der Waals surface area contributed by atoms with Gasteiger partial charge in [0.1, 0.15) is 5.82 Å². The highest BCUT2D eigenvalue weighted by molar-refractivity contribution is 6.30. The van der Waals surface area contributed by atoms with Crippen molar-refractivity contribution in [3.63, 3.8) is 0 Å². The molecular weight excluding hydrogens is 365 g/mol. The Morgan fingerprint density at radius 1 is 1.07 bits per heavy atom. The number of nitrogens with one attached hydrogen (secondary N) is 2. The molecule has 0 aliphatic heterocycles. The highest BCUT2D eigenvalue weighted by Crippen LogP contribution is 2.24. The molecule has 0 aliphatic carbocycles. The molecule has 134 valence electrons. The molecule has 2 aromatic carbocycles. The van der Waals surface area contributed by atoms with Gasteiger partial charge in [0.2, 0.25) is 0 Å². The second-order valence-electron chi connectivity index (χ2n) is 6.09. The van der Waals surface area contributed by atoms with Crippen LogP contribution in [-0.4, -0.2) is 10.9 Å². The van der Waals surface area contributed by atoms with Gasteiger partial charge in [-0.2, -0.15) is 4.40 Å². The van der Waals surface area contributed by atoms with Gasteiger partial charge < -0.3 is 5.32 Å². The number of pyridine rings is 1. The summed E-state index contributed by atoms with van der Waals surface area (Å²) in [6.07, 6.45) is 1.80. The van der Waals surface area contributed by atoms with Crippen LogP contribution in [0.4, 0.5) is 4.39 Å². The van der Waals surface area contributed by atoms with Gasteiger partial charge in [0.05, 0.1) is 6.20 Å². The maximum atomic E-state index is 13.8. The van der Waals surface area contributed by atoms with Crippen molar-refractivity contribution in [2.75, 3.05) is 0 Å². The van der Waals surface area contributed by atoms with E-state index >= 15 is 0 Å². The first-order valence-electron chi connectivity index (χ1n) is 8.43. The fourth-order valence-corrected chi connectivity index (χ4v) is 3.21. The van der Waals surface area contributed by atoms with E-state index in [-0.39, 0.29) is 18.3 Å². The first-order chi connectivity index (χ1) is 13.1. The maximum absolute atomic E-state index is 13.8. The van der Waals surface area contributed by atoms with Crippen LogP contribution in [-0.2, 0) is 6.54 Å². The third-order valence-electron chi connectivity index (χ3n) is 4.33. The summed E-state index contributed by atoms with van der Waals surface area (Å²) in [6.45, 7) is 0.103. The van der Waals surface area contributed by atoms with E-state index in [1.54, 1.807) is 34.9 Å². The lowest BCUT2D eigenvalue weighted by atomic mass is 10.1.